The molecule has 2 aliphatic carbocycles. The Balaban J connectivity index is 1.81. The van der Waals surface area contributed by atoms with Gasteiger partial charge in [-0.15, -0.1) is 0 Å². The normalized spacial score (nSPS) is 28.8. The highest BCUT2D eigenvalue weighted by Crippen LogP contribution is 2.33. The minimum absolute atomic E-state index is 0.0545. The molecule has 17 heavy (non-hydrogen) atoms. The fraction of sp³-hybridized carbons (Fsp3) is 0.846. The van der Waals surface area contributed by atoms with Crippen LogP contribution in [0.25, 0.3) is 0 Å². The van der Waals surface area contributed by atoms with E-state index in [1.807, 2.05) is 11.9 Å². The molecule has 96 valence electrons. The molecule has 4 heteroatoms. The molecule has 2 aliphatic rings. The van der Waals surface area contributed by atoms with Crippen molar-refractivity contribution in [2.45, 2.75) is 38.5 Å². The van der Waals surface area contributed by atoms with Gasteiger partial charge in [-0.1, -0.05) is 6.42 Å². The molecule has 1 N–H and O–H groups in total. The molecule has 0 aromatic rings. The lowest BCUT2D eigenvalue weighted by atomic mass is 9.85. The van der Waals surface area contributed by atoms with E-state index >= 15 is 0 Å². The molecule has 2 rings (SSSR count). The van der Waals surface area contributed by atoms with Gasteiger partial charge in [0.25, 0.3) is 0 Å². The smallest absolute Gasteiger partial charge is 0.306 e. The molecule has 0 aliphatic heterocycles. The molecular formula is C13H21NO3. The summed E-state index contributed by atoms with van der Waals surface area (Å²) in [5.74, 6) is -0.273. The second-order valence-corrected chi connectivity index (χ2v) is 5.56. The van der Waals surface area contributed by atoms with Gasteiger partial charge in [-0.3, -0.25) is 9.59 Å². The molecule has 2 unspecified atom stereocenters. The number of carbonyl (C=O) groups is 2. The zero-order valence-corrected chi connectivity index (χ0v) is 10.4. The van der Waals surface area contributed by atoms with Crippen molar-refractivity contribution < 1.29 is 14.7 Å². The van der Waals surface area contributed by atoms with Crippen LogP contribution in [-0.2, 0) is 9.59 Å². The minimum atomic E-state index is -0.748. The molecule has 0 heterocycles. The molecule has 0 spiro atoms. The van der Waals surface area contributed by atoms with E-state index in [0.29, 0.717) is 18.8 Å². The van der Waals surface area contributed by atoms with Crippen LogP contribution in [0.15, 0.2) is 0 Å². The van der Waals surface area contributed by atoms with Gasteiger partial charge in [0.15, 0.2) is 0 Å². The first kappa shape index (κ1) is 12.4. The zero-order valence-electron chi connectivity index (χ0n) is 10.4. The molecule has 0 saturated heterocycles. The Morgan fingerprint density at radius 1 is 1.18 bits per heavy atom. The summed E-state index contributed by atoms with van der Waals surface area (Å²) in [5, 5.41) is 8.92. The molecule has 4 nitrogen and oxygen atoms in total. The van der Waals surface area contributed by atoms with Crippen LogP contribution in [-0.4, -0.2) is 35.5 Å². The van der Waals surface area contributed by atoms with E-state index in [2.05, 4.69) is 0 Å². The number of carboxylic acid groups (broad SMARTS) is 1. The number of hydrogen-bond donors (Lipinski definition) is 1. The van der Waals surface area contributed by atoms with Crippen LogP contribution in [0.1, 0.15) is 38.5 Å². The van der Waals surface area contributed by atoms with E-state index < -0.39 is 5.97 Å². The van der Waals surface area contributed by atoms with Crippen molar-refractivity contribution in [1.29, 1.82) is 0 Å². The van der Waals surface area contributed by atoms with Gasteiger partial charge < -0.3 is 10.0 Å². The number of carboxylic acids is 1. The van der Waals surface area contributed by atoms with Gasteiger partial charge >= 0.3 is 5.97 Å². The Morgan fingerprint density at radius 3 is 2.29 bits per heavy atom. The Bertz CT molecular complexity index is 312. The van der Waals surface area contributed by atoms with E-state index in [9.17, 15) is 9.59 Å². The van der Waals surface area contributed by atoms with Gasteiger partial charge in [0.2, 0.25) is 5.91 Å². The summed E-state index contributed by atoms with van der Waals surface area (Å²) in [6, 6.07) is 0. The average molecular weight is 239 g/mol. The monoisotopic (exact) mass is 239 g/mol. The van der Waals surface area contributed by atoms with Crippen LogP contribution in [0.4, 0.5) is 0 Å². The zero-order chi connectivity index (χ0) is 12.4. The van der Waals surface area contributed by atoms with Crippen LogP contribution in [0.3, 0.4) is 0 Å². The van der Waals surface area contributed by atoms with Crippen molar-refractivity contribution in [2.24, 2.45) is 17.8 Å². The largest absolute Gasteiger partial charge is 0.481 e. The van der Waals surface area contributed by atoms with E-state index in [-0.39, 0.29) is 17.7 Å². The number of carbonyl (C=O) groups excluding carboxylic acids is 1. The van der Waals surface area contributed by atoms with E-state index in [4.69, 9.17) is 5.11 Å². The van der Waals surface area contributed by atoms with Crippen LogP contribution in [0.5, 0.6) is 0 Å². The third-order valence-corrected chi connectivity index (χ3v) is 4.26. The van der Waals surface area contributed by atoms with Crippen LogP contribution < -0.4 is 0 Å². The van der Waals surface area contributed by atoms with Crippen molar-refractivity contribution in [3.63, 3.8) is 0 Å². The highest BCUT2D eigenvalue weighted by atomic mass is 16.4. The molecule has 0 aromatic carbocycles. The Kier molecular flexibility index (Phi) is 3.69. The molecular weight excluding hydrogens is 218 g/mol. The fourth-order valence-electron chi connectivity index (χ4n) is 2.89. The van der Waals surface area contributed by atoms with Crippen molar-refractivity contribution >= 4 is 11.9 Å². The topological polar surface area (TPSA) is 57.6 Å². The first-order valence-electron chi connectivity index (χ1n) is 6.55. The summed E-state index contributed by atoms with van der Waals surface area (Å²) in [6.45, 7) is 0.854. The Hall–Kier alpha value is -1.06. The van der Waals surface area contributed by atoms with Crippen molar-refractivity contribution in [3.05, 3.63) is 0 Å². The Morgan fingerprint density at radius 2 is 1.82 bits per heavy atom. The highest BCUT2D eigenvalue weighted by Gasteiger charge is 2.35. The van der Waals surface area contributed by atoms with Gasteiger partial charge in [0.1, 0.15) is 0 Å². The predicted molar refractivity (Wildman–Crippen MR) is 63.4 cm³/mol. The standard InChI is InChI=1S/C13H21NO3/c1-14(8-9-3-2-4-9)12(15)10-5-6-11(7-10)13(16)17/h9-11H,2-8H2,1H3,(H,16,17). The van der Waals surface area contributed by atoms with Gasteiger partial charge in [-0.25, -0.2) is 0 Å². The van der Waals surface area contributed by atoms with Crippen LogP contribution in [0.2, 0.25) is 0 Å². The van der Waals surface area contributed by atoms with Gasteiger partial charge in [0, 0.05) is 19.5 Å². The molecule has 0 aromatic heterocycles. The first-order chi connectivity index (χ1) is 8.08. The van der Waals surface area contributed by atoms with Crippen molar-refractivity contribution in [1.82, 2.24) is 4.90 Å². The summed E-state index contributed by atoms with van der Waals surface area (Å²) in [7, 11) is 1.86. The summed E-state index contributed by atoms with van der Waals surface area (Å²) in [6.07, 6.45) is 5.69. The number of hydrogen-bond acceptors (Lipinski definition) is 2. The van der Waals surface area contributed by atoms with Crippen molar-refractivity contribution in [3.8, 4) is 0 Å². The number of aliphatic carboxylic acids is 1. The molecule has 0 radical (unpaired) electrons. The summed E-state index contributed by atoms with van der Waals surface area (Å²) in [4.78, 5) is 24.8. The summed E-state index contributed by atoms with van der Waals surface area (Å²) in [5.41, 5.74) is 0. The number of amides is 1. The van der Waals surface area contributed by atoms with Gasteiger partial charge in [-0.05, 0) is 38.0 Å². The lowest BCUT2D eigenvalue weighted by Crippen LogP contribution is -2.37. The lowest BCUT2D eigenvalue weighted by molar-refractivity contribution is -0.141. The molecule has 2 saturated carbocycles. The Labute approximate surface area is 102 Å². The fourth-order valence-corrected chi connectivity index (χ4v) is 2.89. The molecule has 0 bridgehead atoms. The number of nitrogens with zero attached hydrogens (tertiary/aromatic N) is 1. The second-order valence-electron chi connectivity index (χ2n) is 5.56. The van der Waals surface area contributed by atoms with Crippen LogP contribution in [0, 0.1) is 17.8 Å². The minimum Gasteiger partial charge on any atom is -0.481 e. The van der Waals surface area contributed by atoms with Crippen LogP contribution >= 0.6 is 0 Å². The van der Waals surface area contributed by atoms with Gasteiger partial charge in [-0.2, -0.15) is 0 Å². The highest BCUT2D eigenvalue weighted by molar-refractivity contribution is 5.80. The third kappa shape index (κ3) is 2.79. The van der Waals surface area contributed by atoms with E-state index in [1.165, 1.54) is 19.3 Å². The lowest BCUT2D eigenvalue weighted by Gasteiger charge is -2.31. The van der Waals surface area contributed by atoms with Crippen molar-refractivity contribution in [2.75, 3.05) is 13.6 Å². The molecule has 2 fully saturated rings. The first-order valence-corrected chi connectivity index (χ1v) is 6.55. The maximum absolute atomic E-state index is 12.1. The summed E-state index contributed by atoms with van der Waals surface area (Å²) >= 11 is 0. The maximum atomic E-state index is 12.1. The maximum Gasteiger partial charge on any atom is 0.306 e. The summed E-state index contributed by atoms with van der Waals surface area (Å²) < 4.78 is 0. The van der Waals surface area contributed by atoms with E-state index in [0.717, 1.165) is 13.0 Å². The molecule has 1 amide bonds. The molecule has 2 atom stereocenters. The number of rotatable bonds is 4. The quantitative estimate of drug-likeness (QED) is 0.813. The second kappa shape index (κ2) is 5.07. The third-order valence-electron chi connectivity index (χ3n) is 4.26. The van der Waals surface area contributed by atoms with E-state index in [1.54, 1.807) is 0 Å². The SMILES string of the molecule is CN(CC1CCC1)C(=O)C1CCC(C(=O)O)C1. The average Bonchev–Trinajstić information content (AvgIpc) is 2.71. The van der Waals surface area contributed by atoms with Gasteiger partial charge in [0.05, 0.1) is 5.92 Å². The predicted octanol–water partition coefficient (Wildman–Crippen LogP) is 1.75.